The lowest BCUT2D eigenvalue weighted by atomic mass is 9.75. The van der Waals surface area contributed by atoms with Crippen LogP contribution in [0.15, 0.2) is 24.3 Å². The molecule has 0 spiro atoms. The first-order valence-corrected chi connectivity index (χ1v) is 7.89. The fourth-order valence-corrected chi connectivity index (χ4v) is 3.11. The molecule has 0 unspecified atom stereocenters. The maximum absolute atomic E-state index is 12.8. The van der Waals surface area contributed by atoms with Gasteiger partial charge >= 0.3 is 11.9 Å². The van der Waals surface area contributed by atoms with Gasteiger partial charge in [0, 0.05) is 5.02 Å². The number of benzene rings is 1. The molecule has 0 aliphatic heterocycles. The SMILES string of the molecule is N[C@@H](CC(=O)O)C(=O)O[C@H]1CCC[C@](N)(c2ccccc2Cl)C1=O. The molecule has 0 heterocycles. The first kappa shape index (κ1) is 18.4. The average molecular weight is 355 g/mol. The summed E-state index contributed by atoms with van der Waals surface area (Å²) >= 11 is 6.15. The Morgan fingerprint density at radius 2 is 2.08 bits per heavy atom. The molecule has 0 aromatic heterocycles. The van der Waals surface area contributed by atoms with Crippen LogP contribution in [-0.4, -0.2) is 35.0 Å². The number of hydrogen-bond donors (Lipinski definition) is 3. The first-order valence-electron chi connectivity index (χ1n) is 7.52. The highest BCUT2D eigenvalue weighted by Crippen LogP contribution is 2.36. The van der Waals surface area contributed by atoms with E-state index < -0.39 is 41.8 Å². The second kappa shape index (κ2) is 7.29. The van der Waals surface area contributed by atoms with Crippen molar-refractivity contribution in [3.8, 4) is 0 Å². The third kappa shape index (κ3) is 3.75. The van der Waals surface area contributed by atoms with Crippen molar-refractivity contribution < 1.29 is 24.2 Å². The van der Waals surface area contributed by atoms with Gasteiger partial charge in [0.05, 0.1) is 6.42 Å². The average Bonchev–Trinajstić information content (AvgIpc) is 2.51. The molecule has 3 atom stereocenters. The monoisotopic (exact) mass is 354 g/mol. The number of esters is 1. The lowest BCUT2D eigenvalue weighted by Gasteiger charge is -2.36. The van der Waals surface area contributed by atoms with Gasteiger partial charge in [-0.05, 0) is 30.9 Å². The van der Waals surface area contributed by atoms with E-state index in [0.717, 1.165) is 0 Å². The molecule has 0 bridgehead atoms. The summed E-state index contributed by atoms with van der Waals surface area (Å²) in [4.78, 5) is 35.2. The van der Waals surface area contributed by atoms with E-state index in [1.54, 1.807) is 24.3 Å². The van der Waals surface area contributed by atoms with Crippen LogP contribution in [0, 0.1) is 0 Å². The Morgan fingerprint density at radius 3 is 2.71 bits per heavy atom. The zero-order valence-corrected chi connectivity index (χ0v) is 13.7. The minimum absolute atomic E-state index is 0.313. The molecule has 8 heteroatoms. The summed E-state index contributed by atoms with van der Waals surface area (Å²) in [7, 11) is 0. The third-order valence-electron chi connectivity index (χ3n) is 4.08. The van der Waals surface area contributed by atoms with Gasteiger partial charge in [-0.3, -0.25) is 14.4 Å². The largest absolute Gasteiger partial charge is 0.481 e. The number of hydrogen-bond acceptors (Lipinski definition) is 6. The van der Waals surface area contributed by atoms with Crippen molar-refractivity contribution in [2.45, 2.75) is 43.4 Å². The van der Waals surface area contributed by atoms with E-state index in [4.69, 9.17) is 32.9 Å². The number of aliphatic carboxylic acids is 1. The van der Waals surface area contributed by atoms with Gasteiger partial charge in [0.25, 0.3) is 0 Å². The van der Waals surface area contributed by atoms with Gasteiger partial charge in [-0.1, -0.05) is 29.8 Å². The van der Waals surface area contributed by atoms with E-state index in [1.165, 1.54) is 0 Å². The van der Waals surface area contributed by atoms with Crippen molar-refractivity contribution >= 4 is 29.3 Å². The highest BCUT2D eigenvalue weighted by molar-refractivity contribution is 6.31. The molecule has 7 nitrogen and oxygen atoms in total. The molecule has 1 saturated carbocycles. The van der Waals surface area contributed by atoms with Crippen molar-refractivity contribution in [3.05, 3.63) is 34.9 Å². The number of carbonyl (C=O) groups is 3. The fourth-order valence-electron chi connectivity index (χ4n) is 2.81. The van der Waals surface area contributed by atoms with Crippen molar-refractivity contribution in [1.29, 1.82) is 0 Å². The minimum atomic E-state index is -1.35. The summed E-state index contributed by atoms with van der Waals surface area (Å²) < 4.78 is 5.12. The predicted molar refractivity (Wildman–Crippen MR) is 86.3 cm³/mol. The van der Waals surface area contributed by atoms with E-state index in [9.17, 15) is 14.4 Å². The second-order valence-corrected chi connectivity index (χ2v) is 6.24. The molecular weight excluding hydrogens is 336 g/mol. The molecule has 24 heavy (non-hydrogen) atoms. The van der Waals surface area contributed by atoms with Crippen LogP contribution in [0.3, 0.4) is 0 Å². The minimum Gasteiger partial charge on any atom is -0.481 e. The molecular formula is C16H19ClN2O5. The smallest absolute Gasteiger partial charge is 0.324 e. The second-order valence-electron chi connectivity index (χ2n) is 5.84. The highest BCUT2D eigenvalue weighted by atomic mass is 35.5. The van der Waals surface area contributed by atoms with E-state index in [1.807, 2.05) is 0 Å². The fraction of sp³-hybridized carbons (Fsp3) is 0.438. The quantitative estimate of drug-likeness (QED) is 0.670. The Kier molecular flexibility index (Phi) is 5.58. The number of nitrogens with two attached hydrogens (primary N) is 2. The Morgan fingerprint density at radius 1 is 1.42 bits per heavy atom. The summed E-state index contributed by atoms with van der Waals surface area (Å²) in [5, 5.41) is 9.03. The Labute approximate surface area is 143 Å². The summed E-state index contributed by atoms with van der Waals surface area (Å²) in [5.74, 6) is -2.62. The number of ketones is 1. The lowest BCUT2D eigenvalue weighted by Crippen LogP contribution is -2.54. The molecule has 0 saturated heterocycles. The normalized spacial score (nSPS) is 25.1. The van der Waals surface area contributed by atoms with Crippen LogP contribution in [0.5, 0.6) is 0 Å². The van der Waals surface area contributed by atoms with Crippen LogP contribution in [0.25, 0.3) is 0 Å². The number of Topliss-reactive ketones (excluding diaryl/α,β-unsaturated/α-hetero) is 1. The maximum Gasteiger partial charge on any atom is 0.324 e. The summed E-state index contributed by atoms with van der Waals surface area (Å²) in [6.07, 6.45) is -0.386. The van der Waals surface area contributed by atoms with Crippen molar-refractivity contribution in [3.63, 3.8) is 0 Å². The van der Waals surface area contributed by atoms with Gasteiger partial charge in [-0.25, -0.2) is 0 Å². The van der Waals surface area contributed by atoms with Crippen LogP contribution >= 0.6 is 11.6 Å². The first-order chi connectivity index (χ1) is 11.3. The van der Waals surface area contributed by atoms with E-state index in [-0.39, 0.29) is 0 Å². The molecule has 1 aliphatic rings. The van der Waals surface area contributed by atoms with E-state index in [2.05, 4.69) is 0 Å². The molecule has 5 N–H and O–H groups in total. The van der Waals surface area contributed by atoms with E-state index >= 15 is 0 Å². The molecule has 1 aromatic rings. The topological polar surface area (TPSA) is 133 Å². The van der Waals surface area contributed by atoms with E-state index in [0.29, 0.717) is 29.8 Å². The number of carboxylic acid groups (broad SMARTS) is 1. The molecule has 1 aliphatic carbocycles. The third-order valence-corrected chi connectivity index (χ3v) is 4.41. The van der Waals surface area contributed by atoms with Gasteiger partial charge in [-0.2, -0.15) is 0 Å². The Bertz CT molecular complexity index is 666. The highest BCUT2D eigenvalue weighted by Gasteiger charge is 2.46. The van der Waals surface area contributed by atoms with Gasteiger partial charge in [0.1, 0.15) is 11.6 Å². The van der Waals surface area contributed by atoms with Gasteiger partial charge < -0.3 is 21.3 Å². The van der Waals surface area contributed by atoms with Gasteiger partial charge in [-0.15, -0.1) is 0 Å². The van der Waals surface area contributed by atoms with Crippen molar-refractivity contribution in [1.82, 2.24) is 0 Å². The predicted octanol–water partition coefficient (Wildman–Crippen LogP) is 0.961. The Balaban J connectivity index is 2.17. The Hall–Kier alpha value is -1.96. The summed E-state index contributed by atoms with van der Waals surface area (Å²) in [6, 6.07) is 5.43. The van der Waals surface area contributed by atoms with Crippen LogP contribution in [0.1, 0.15) is 31.2 Å². The van der Waals surface area contributed by atoms with Crippen LogP contribution in [0.4, 0.5) is 0 Å². The van der Waals surface area contributed by atoms with Gasteiger partial charge in [0.15, 0.2) is 11.9 Å². The number of carbonyl (C=O) groups excluding carboxylic acids is 2. The lowest BCUT2D eigenvalue weighted by molar-refractivity contribution is -0.162. The zero-order valence-electron chi connectivity index (χ0n) is 12.9. The summed E-state index contributed by atoms with van der Waals surface area (Å²) in [5.41, 5.74) is 10.9. The number of rotatable bonds is 5. The van der Waals surface area contributed by atoms with Crippen molar-refractivity contribution in [2.24, 2.45) is 11.5 Å². The molecule has 0 amide bonds. The standard InChI is InChI=1S/C16H19ClN2O5/c17-10-5-2-1-4-9(10)16(19)7-3-6-12(14(16)22)24-15(23)11(18)8-13(20)21/h1-2,4-5,11-12H,3,6-8,18-19H2,(H,20,21)/t11-,12-,16-/m0/s1. The molecule has 1 aromatic carbocycles. The van der Waals surface area contributed by atoms with Gasteiger partial charge in [0.2, 0.25) is 0 Å². The summed E-state index contributed by atoms with van der Waals surface area (Å²) in [6.45, 7) is 0. The molecule has 130 valence electrons. The van der Waals surface area contributed by atoms with Crippen molar-refractivity contribution in [2.75, 3.05) is 0 Å². The maximum atomic E-state index is 12.8. The van der Waals surface area contributed by atoms with Crippen LogP contribution in [0.2, 0.25) is 5.02 Å². The number of carboxylic acids is 1. The number of halogens is 1. The van der Waals surface area contributed by atoms with Crippen LogP contribution in [-0.2, 0) is 24.7 Å². The molecule has 1 fully saturated rings. The molecule has 2 rings (SSSR count). The molecule has 0 radical (unpaired) electrons. The zero-order chi connectivity index (χ0) is 17.9. The number of ether oxygens (including phenoxy) is 1. The van der Waals surface area contributed by atoms with Crippen LogP contribution < -0.4 is 11.5 Å².